The number of ether oxygens (including phenoxy) is 1. The molecule has 2 saturated carbocycles. The third-order valence-corrected chi connectivity index (χ3v) is 6.78. The van der Waals surface area contributed by atoms with Crippen LogP contribution in [0.4, 0.5) is 0 Å². The minimum atomic E-state index is 0.179. The molecule has 1 aliphatic heterocycles. The van der Waals surface area contributed by atoms with Crippen LogP contribution in [0.2, 0.25) is 0 Å². The predicted molar refractivity (Wildman–Crippen MR) is 75.5 cm³/mol. The smallest absolute Gasteiger partial charge is 0.0692 e. The van der Waals surface area contributed by atoms with Crippen LogP contribution in [0.25, 0.3) is 0 Å². The van der Waals surface area contributed by atoms with E-state index in [1.807, 2.05) is 0 Å². The SMILES string of the molecule is CC1C[C@H]2[C@@](C)(CCC3C(C)(C)CCC[C@@]32C)O1. The second-order valence-electron chi connectivity index (χ2n) is 8.47. The van der Waals surface area contributed by atoms with E-state index in [0.29, 0.717) is 16.9 Å². The molecule has 0 bridgehead atoms. The fraction of sp³-hybridized carbons (Fsp3) is 1.00. The molecule has 1 nitrogen and oxygen atoms in total. The standard InChI is InChI=1S/C17H30O/c1-12-11-14-16(4)9-6-8-15(2,3)13(16)7-10-17(14,5)18-12/h12-14H,6-11H2,1-5H3/t12?,13?,14-,16+,17-/m1/s1. The molecule has 0 aromatic carbocycles. The summed E-state index contributed by atoms with van der Waals surface area (Å²) < 4.78 is 6.34. The van der Waals surface area contributed by atoms with Gasteiger partial charge in [0.1, 0.15) is 0 Å². The lowest BCUT2D eigenvalue weighted by Gasteiger charge is -2.60. The molecule has 3 aliphatic rings. The Hall–Kier alpha value is -0.0400. The molecule has 0 aromatic rings. The summed E-state index contributed by atoms with van der Waals surface area (Å²) in [6.07, 6.45) is 8.70. The van der Waals surface area contributed by atoms with Crippen molar-refractivity contribution in [1.82, 2.24) is 0 Å². The van der Waals surface area contributed by atoms with Crippen LogP contribution in [0.3, 0.4) is 0 Å². The molecule has 0 spiro atoms. The Kier molecular flexibility index (Phi) is 2.70. The highest BCUT2D eigenvalue weighted by Gasteiger charge is 2.61. The van der Waals surface area contributed by atoms with Crippen LogP contribution < -0.4 is 0 Å². The summed E-state index contributed by atoms with van der Waals surface area (Å²) in [7, 11) is 0. The Labute approximate surface area is 113 Å². The van der Waals surface area contributed by atoms with E-state index in [-0.39, 0.29) is 5.60 Å². The Bertz CT molecular complexity index is 348. The molecule has 1 heterocycles. The van der Waals surface area contributed by atoms with Gasteiger partial charge in [0.25, 0.3) is 0 Å². The molecule has 1 saturated heterocycles. The summed E-state index contributed by atoms with van der Waals surface area (Å²) in [6.45, 7) is 12.3. The fourth-order valence-electron chi connectivity index (χ4n) is 6.11. The molecule has 104 valence electrons. The first kappa shape index (κ1) is 13.0. The number of hydrogen-bond acceptors (Lipinski definition) is 1. The van der Waals surface area contributed by atoms with Gasteiger partial charge >= 0.3 is 0 Å². The van der Waals surface area contributed by atoms with Crippen LogP contribution in [0.1, 0.15) is 73.1 Å². The van der Waals surface area contributed by atoms with E-state index in [9.17, 15) is 0 Å². The van der Waals surface area contributed by atoms with Gasteiger partial charge in [0.2, 0.25) is 0 Å². The van der Waals surface area contributed by atoms with E-state index >= 15 is 0 Å². The Morgan fingerprint density at radius 1 is 0.944 bits per heavy atom. The topological polar surface area (TPSA) is 9.23 Å². The summed E-state index contributed by atoms with van der Waals surface area (Å²) in [5, 5.41) is 0. The van der Waals surface area contributed by atoms with Crippen LogP contribution in [0.5, 0.6) is 0 Å². The lowest BCUT2D eigenvalue weighted by atomic mass is 9.45. The van der Waals surface area contributed by atoms with Crippen molar-refractivity contribution in [2.75, 3.05) is 0 Å². The molecular weight excluding hydrogens is 220 g/mol. The van der Waals surface area contributed by atoms with Crippen LogP contribution in [-0.2, 0) is 4.74 Å². The molecule has 0 N–H and O–H groups in total. The van der Waals surface area contributed by atoms with Gasteiger partial charge in [-0.15, -0.1) is 0 Å². The average molecular weight is 250 g/mol. The van der Waals surface area contributed by atoms with Gasteiger partial charge in [-0.2, -0.15) is 0 Å². The second kappa shape index (κ2) is 3.75. The van der Waals surface area contributed by atoms with Gasteiger partial charge < -0.3 is 4.74 Å². The molecule has 1 heteroatoms. The lowest BCUT2D eigenvalue weighted by molar-refractivity contribution is -0.153. The maximum Gasteiger partial charge on any atom is 0.0692 e. The first-order chi connectivity index (χ1) is 8.28. The zero-order valence-electron chi connectivity index (χ0n) is 12.9. The third kappa shape index (κ3) is 1.62. The monoisotopic (exact) mass is 250 g/mol. The van der Waals surface area contributed by atoms with Gasteiger partial charge in [-0.05, 0) is 68.6 Å². The third-order valence-electron chi connectivity index (χ3n) is 6.78. The van der Waals surface area contributed by atoms with E-state index in [1.165, 1.54) is 38.5 Å². The van der Waals surface area contributed by atoms with Crippen LogP contribution >= 0.6 is 0 Å². The molecule has 5 atom stereocenters. The Morgan fingerprint density at radius 2 is 1.67 bits per heavy atom. The maximum atomic E-state index is 6.34. The molecule has 0 aromatic heterocycles. The van der Waals surface area contributed by atoms with Crippen molar-refractivity contribution in [2.45, 2.75) is 84.8 Å². The normalized spacial score (nSPS) is 54.8. The van der Waals surface area contributed by atoms with Crippen molar-refractivity contribution in [2.24, 2.45) is 22.7 Å². The summed E-state index contributed by atoms with van der Waals surface area (Å²) in [4.78, 5) is 0. The van der Waals surface area contributed by atoms with Gasteiger partial charge in [0, 0.05) is 0 Å². The highest BCUT2D eigenvalue weighted by atomic mass is 16.5. The molecular formula is C17H30O. The zero-order chi connectivity index (χ0) is 13.2. The molecule has 18 heavy (non-hydrogen) atoms. The van der Waals surface area contributed by atoms with E-state index in [0.717, 1.165) is 11.8 Å². The quantitative estimate of drug-likeness (QED) is 0.600. The predicted octanol–water partition coefficient (Wildman–Crippen LogP) is 4.80. The Morgan fingerprint density at radius 3 is 2.39 bits per heavy atom. The fourth-order valence-corrected chi connectivity index (χ4v) is 6.11. The zero-order valence-corrected chi connectivity index (χ0v) is 12.9. The van der Waals surface area contributed by atoms with Gasteiger partial charge in [0.15, 0.2) is 0 Å². The van der Waals surface area contributed by atoms with Gasteiger partial charge in [0.05, 0.1) is 11.7 Å². The van der Waals surface area contributed by atoms with Crippen molar-refractivity contribution in [3.05, 3.63) is 0 Å². The van der Waals surface area contributed by atoms with Gasteiger partial charge in [-0.3, -0.25) is 0 Å². The second-order valence-corrected chi connectivity index (χ2v) is 8.47. The van der Waals surface area contributed by atoms with Crippen molar-refractivity contribution in [3.63, 3.8) is 0 Å². The molecule has 0 radical (unpaired) electrons. The van der Waals surface area contributed by atoms with E-state index < -0.39 is 0 Å². The van der Waals surface area contributed by atoms with Crippen molar-refractivity contribution < 1.29 is 4.74 Å². The highest BCUT2D eigenvalue weighted by Crippen LogP contribution is 2.65. The van der Waals surface area contributed by atoms with E-state index in [2.05, 4.69) is 34.6 Å². The van der Waals surface area contributed by atoms with Crippen LogP contribution in [0, 0.1) is 22.7 Å². The van der Waals surface area contributed by atoms with E-state index in [4.69, 9.17) is 4.74 Å². The largest absolute Gasteiger partial charge is 0.372 e. The highest BCUT2D eigenvalue weighted by molar-refractivity contribution is 5.10. The minimum Gasteiger partial charge on any atom is -0.372 e. The number of hydrogen-bond donors (Lipinski definition) is 0. The van der Waals surface area contributed by atoms with Crippen LogP contribution in [0.15, 0.2) is 0 Å². The van der Waals surface area contributed by atoms with Gasteiger partial charge in [-0.1, -0.05) is 27.2 Å². The van der Waals surface area contributed by atoms with Crippen molar-refractivity contribution in [3.8, 4) is 0 Å². The Balaban J connectivity index is 1.98. The maximum absolute atomic E-state index is 6.34. The molecule has 2 unspecified atom stereocenters. The van der Waals surface area contributed by atoms with Crippen molar-refractivity contribution >= 4 is 0 Å². The first-order valence-corrected chi connectivity index (χ1v) is 7.96. The van der Waals surface area contributed by atoms with Crippen molar-refractivity contribution in [1.29, 1.82) is 0 Å². The van der Waals surface area contributed by atoms with E-state index in [1.54, 1.807) is 0 Å². The first-order valence-electron chi connectivity index (χ1n) is 7.96. The molecule has 3 rings (SSSR count). The van der Waals surface area contributed by atoms with Crippen LogP contribution in [-0.4, -0.2) is 11.7 Å². The average Bonchev–Trinajstić information content (AvgIpc) is 2.53. The number of rotatable bonds is 0. The summed E-state index contributed by atoms with van der Waals surface area (Å²) in [5.74, 6) is 1.70. The number of fused-ring (bicyclic) bond motifs is 3. The molecule has 2 aliphatic carbocycles. The molecule has 0 amide bonds. The summed E-state index contributed by atoms with van der Waals surface area (Å²) in [6, 6.07) is 0. The lowest BCUT2D eigenvalue weighted by Crippen LogP contribution is -2.55. The van der Waals surface area contributed by atoms with Gasteiger partial charge in [-0.25, -0.2) is 0 Å². The summed E-state index contributed by atoms with van der Waals surface area (Å²) >= 11 is 0. The summed E-state index contributed by atoms with van der Waals surface area (Å²) in [5.41, 5.74) is 1.25. The molecule has 3 fully saturated rings. The minimum absolute atomic E-state index is 0.179.